The van der Waals surface area contributed by atoms with Crippen LogP contribution in [0.5, 0.6) is 0 Å². The van der Waals surface area contributed by atoms with Gasteiger partial charge >= 0.3 is 0 Å². The second kappa shape index (κ2) is 7.65. The Morgan fingerprint density at radius 3 is 2.28 bits per heavy atom. The molecule has 1 saturated carbocycles. The third-order valence-corrected chi connectivity index (χ3v) is 8.43. The van der Waals surface area contributed by atoms with Crippen molar-refractivity contribution in [3.63, 3.8) is 0 Å². The molecule has 2 aromatic carbocycles. The average Bonchev–Trinajstić information content (AvgIpc) is 3.12. The standard InChI is InChI=1S/C21H26N2O4S2/c1-28(24,25)23-14-13-18-15-19(9-12-21(18)23)22-29(26,27)20-10-7-17(8-11-20)16-5-3-2-4-6-16/h7-12,15-16,22H,2-6,13-14H2,1H3. The van der Waals surface area contributed by atoms with Crippen molar-refractivity contribution < 1.29 is 16.8 Å². The molecule has 4 rings (SSSR count). The van der Waals surface area contributed by atoms with Crippen LogP contribution < -0.4 is 9.03 Å². The molecule has 0 spiro atoms. The lowest BCUT2D eigenvalue weighted by Crippen LogP contribution is -2.27. The molecular weight excluding hydrogens is 408 g/mol. The van der Waals surface area contributed by atoms with Crippen LogP contribution >= 0.6 is 0 Å². The zero-order valence-corrected chi connectivity index (χ0v) is 18.1. The van der Waals surface area contributed by atoms with E-state index >= 15 is 0 Å². The summed E-state index contributed by atoms with van der Waals surface area (Å²) in [6.07, 6.45) is 7.84. The molecule has 1 fully saturated rings. The molecular formula is C21H26N2O4S2. The first-order valence-corrected chi connectivity index (χ1v) is 13.3. The molecule has 1 heterocycles. The SMILES string of the molecule is CS(=O)(=O)N1CCc2cc(NS(=O)(=O)c3ccc(C4CCCCC4)cc3)ccc21. The Morgan fingerprint density at radius 1 is 0.931 bits per heavy atom. The largest absolute Gasteiger partial charge is 0.280 e. The molecule has 0 atom stereocenters. The topological polar surface area (TPSA) is 83.6 Å². The predicted octanol–water partition coefficient (Wildman–Crippen LogP) is 3.86. The first kappa shape index (κ1) is 20.2. The van der Waals surface area contributed by atoms with E-state index in [1.54, 1.807) is 30.3 Å². The lowest BCUT2D eigenvalue weighted by molar-refractivity contribution is 0.443. The maximum absolute atomic E-state index is 12.8. The van der Waals surface area contributed by atoms with Gasteiger partial charge in [-0.2, -0.15) is 0 Å². The van der Waals surface area contributed by atoms with Crippen LogP contribution in [-0.4, -0.2) is 29.6 Å². The maximum atomic E-state index is 12.8. The van der Waals surface area contributed by atoms with E-state index in [-0.39, 0.29) is 4.90 Å². The monoisotopic (exact) mass is 434 g/mol. The number of nitrogens with one attached hydrogen (secondary N) is 1. The van der Waals surface area contributed by atoms with Crippen LogP contribution in [0.25, 0.3) is 0 Å². The first-order valence-electron chi connectivity index (χ1n) is 9.97. The number of sulfonamides is 2. The molecule has 2 aliphatic rings. The van der Waals surface area contributed by atoms with Crippen molar-refractivity contribution in [2.24, 2.45) is 0 Å². The number of benzene rings is 2. The summed E-state index contributed by atoms with van der Waals surface area (Å²) >= 11 is 0. The molecule has 0 bridgehead atoms. The van der Waals surface area contributed by atoms with Gasteiger partial charge in [0.25, 0.3) is 10.0 Å². The molecule has 6 nitrogen and oxygen atoms in total. The predicted molar refractivity (Wildman–Crippen MR) is 115 cm³/mol. The van der Waals surface area contributed by atoms with Crippen molar-refractivity contribution in [2.75, 3.05) is 21.8 Å². The third kappa shape index (κ3) is 4.28. The van der Waals surface area contributed by atoms with Crippen LogP contribution in [0.15, 0.2) is 47.4 Å². The van der Waals surface area contributed by atoms with Crippen LogP contribution in [-0.2, 0) is 26.5 Å². The summed E-state index contributed by atoms with van der Waals surface area (Å²) < 4.78 is 53.3. The fourth-order valence-electron chi connectivity index (χ4n) is 4.35. The highest BCUT2D eigenvalue weighted by Gasteiger charge is 2.26. The molecule has 29 heavy (non-hydrogen) atoms. The third-order valence-electron chi connectivity index (χ3n) is 5.85. The molecule has 0 amide bonds. The summed E-state index contributed by atoms with van der Waals surface area (Å²) in [7, 11) is -7.03. The number of nitrogens with zero attached hydrogens (tertiary/aromatic N) is 1. The van der Waals surface area contributed by atoms with E-state index in [1.165, 1.54) is 48.2 Å². The number of anilines is 2. The summed E-state index contributed by atoms with van der Waals surface area (Å²) in [6, 6.07) is 12.2. The Hall–Kier alpha value is -2.06. The summed E-state index contributed by atoms with van der Waals surface area (Å²) in [6.45, 7) is 0.382. The van der Waals surface area contributed by atoms with E-state index in [4.69, 9.17) is 0 Å². The first-order chi connectivity index (χ1) is 13.7. The summed E-state index contributed by atoms with van der Waals surface area (Å²) in [5.41, 5.74) is 3.09. The van der Waals surface area contributed by atoms with Gasteiger partial charge < -0.3 is 0 Å². The van der Waals surface area contributed by atoms with E-state index in [0.29, 0.717) is 30.3 Å². The van der Waals surface area contributed by atoms with Crippen molar-refractivity contribution in [1.29, 1.82) is 0 Å². The van der Waals surface area contributed by atoms with E-state index in [9.17, 15) is 16.8 Å². The lowest BCUT2D eigenvalue weighted by Gasteiger charge is -2.22. The molecule has 0 radical (unpaired) electrons. The summed E-state index contributed by atoms with van der Waals surface area (Å²) in [4.78, 5) is 0.232. The van der Waals surface area contributed by atoms with E-state index in [1.807, 2.05) is 12.1 Å². The van der Waals surface area contributed by atoms with E-state index < -0.39 is 20.0 Å². The van der Waals surface area contributed by atoms with Crippen LogP contribution in [0.4, 0.5) is 11.4 Å². The molecule has 2 aromatic rings. The van der Waals surface area contributed by atoms with Gasteiger partial charge in [0, 0.05) is 12.2 Å². The summed E-state index contributed by atoms with van der Waals surface area (Å²) in [5.74, 6) is 0.531. The number of hydrogen-bond donors (Lipinski definition) is 1. The minimum Gasteiger partial charge on any atom is -0.280 e. The summed E-state index contributed by atoms with van der Waals surface area (Å²) in [5, 5.41) is 0. The Balaban J connectivity index is 1.52. The molecule has 0 unspecified atom stereocenters. The van der Waals surface area contributed by atoms with E-state index in [0.717, 1.165) is 5.56 Å². The lowest BCUT2D eigenvalue weighted by atomic mass is 9.84. The van der Waals surface area contributed by atoms with Gasteiger partial charge in [0.15, 0.2) is 0 Å². The number of hydrogen-bond acceptors (Lipinski definition) is 4. The zero-order valence-electron chi connectivity index (χ0n) is 16.5. The number of fused-ring (bicyclic) bond motifs is 1. The highest BCUT2D eigenvalue weighted by atomic mass is 32.2. The van der Waals surface area contributed by atoms with Gasteiger partial charge in [-0.25, -0.2) is 16.8 Å². The molecule has 8 heteroatoms. The van der Waals surface area contributed by atoms with Gasteiger partial charge in [-0.15, -0.1) is 0 Å². The Bertz CT molecular complexity index is 1100. The fraction of sp³-hybridized carbons (Fsp3) is 0.429. The molecule has 156 valence electrons. The average molecular weight is 435 g/mol. The fourth-order valence-corrected chi connectivity index (χ4v) is 6.36. The molecule has 1 N–H and O–H groups in total. The van der Waals surface area contributed by atoms with Gasteiger partial charge in [0.2, 0.25) is 10.0 Å². The highest BCUT2D eigenvalue weighted by Crippen LogP contribution is 2.34. The van der Waals surface area contributed by atoms with Crippen LogP contribution in [0.2, 0.25) is 0 Å². The quantitative estimate of drug-likeness (QED) is 0.775. The van der Waals surface area contributed by atoms with Crippen molar-refractivity contribution in [1.82, 2.24) is 0 Å². The van der Waals surface area contributed by atoms with Crippen molar-refractivity contribution in [2.45, 2.75) is 49.3 Å². The molecule has 1 aliphatic carbocycles. The van der Waals surface area contributed by atoms with Gasteiger partial charge in [-0.1, -0.05) is 31.4 Å². The zero-order chi connectivity index (χ0) is 20.6. The Morgan fingerprint density at radius 2 is 1.62 bits per heavy atom. The van der Waals surface area contributed by atoms with E-state index in [2.05, 4.69) is 4.72 Å². The normalized spacial score (nSPS) is 17.9. The Labute approximate surface area is 173 Å². The molecule has 1 aliphatic heterocycles. The van der Waals surface area contributed by atoms with Crippen LogP contribution in [0.3, 0.4) is 0 Å². The number of rotatable bonds is 5. The van der Waals surface area contributed by atoms with Gasteiger partial charge in [-0.05, 0) is 66.6 Å². The van der Waals surface area contributed by atoms with Crippen LogP contribution in [0.1, 0.15) is 49.1 Å². The van der Waals surface area contributed by atoms with Gasteiger partial charge in [0.1, 0.15) is 0 Å². The van der Waals surface area contributed by atoms with Crippen LogP contribution in [0, 0.1) is 0 Å². The minimum absolute atomic E-state index is 0.232. The van der Waals surface area contributed by atoms with Crippen molar-refractivity contribution in [3.8, 4) is 0 Å². The van der Waals surface area contributed by atoms with Crippen molar-refractivity contribution >= 4 is 31.4 Å². The minimum atomic E-state index is -3.70. The Kier molecular flexibility index (Phi) is 5.33. The van der Waals surface area contributed by atoms with Gasteiger partial charge in [-0.3, -0.25) is 9.03 Å². The smallest absolute Gasteiger partial charge is 0.261 e. The molecule has 0 aromatic heterocycles. The second-order valence-electron chi connectivity index (χ2n) is 7.94. The second-order valence-corrected chi connectivity index (χ2v) is 11.5. The highest BCUT2D eigenvalue weighted by molar-refractivity contribution is 7.92. The molecule has 0 saturated heterocycles. The van der Waals surface area contributed by atoms with Crippen molar-refractivity contribution in [3.05, 3.63) is 53.6 Å². The van der Waals surface area contributed by atoms with Gasteiger partial charge in [0.05, 0.1) is 16.8 Å². The maximum Gasteiger partial charge on any atom is 0.261 e.